The Morgan fingerprint density at radius 1 is 0.974 bits per heavy atom. The van der Waals surface area contributed by atoms with Crippen LogP contribution in [0.3, 0.4) is 0 Å². The number of hydrogen-bond acceptors (Lipinski definition) is 4. The molecule has 0 atom stereocenters. The maximum Gasteiger partial charge on any atom is 0.222 e. The van der Waals surface area contributed by atoms with Crippen LogP contribution in [0.15, 0.2) is 72.9 Å². The molecule has 194 valence electrons. The molecule has 1 aliphatic heterocycles. The van der Waals surface area contributed by atoms with Crippen LogP contribution in [0, 0.1) is 5.92 Å². The summed E-state index contributed by atoms with van der Waals surface area (Å²) in [6, 6.07) is 23.0. The van der Waals surface area contributed by atoms with Gasteiger partial charge in [0.25, 0.3) is 0 Å². The Kier molecular flexibility index (Phi) is 6.95. The topological polar surface area (TPSA) is 40.9 Å². The smallest absolute Gasteiger partial charge is 0.222 e. The first-order valence-electron chi connectivity index (χ1n) is 13.2. The van der Waals surface area contributed by atoms with E-state index in [1.807, 2.05) is 40.5 Å². The van der Waals surface area contributed by atoms with Crippen molar-refractivity contribution in [2.45, 2.75) is 26.8 Å². The molecule has 6 rings (SSSR count). The summed E-state index contributed by atoms with van der Waals surface area (Å²) >= 11 is 8.02. The minimum atomic E-state index is 0.268. The number of rotatable bonds is 6. The van der Waals surface area contributed by atoms with E-state index >= 15 is 0 Å². The molecule has 0 radical (unpaired) electrons. The van der Waals surface area contributed by atoms with E-state index in [2.05, 4.69) is 71.8 Å². The van der Waals surface area contributed by atoms with Crippen LogP contribution < -0.4 is 0 Å². The van der Waals surface area contributed by atoms with Crippen LogP contribution >= 0.6 is 22.9 Å². The van der Waals surface area contributed by atoms with Gasteiger partial charge < -0.3 is 9.30 Å². The molecular formula is C31H31ClN4OS. The molecule has 2 aromatic carbocycles. The summed E-state index contributed by atoms with van der Waals surface area (Å²) in [6.45, 7) is 8.22. The molecule has 1 aliphatic rings. The molecule has 1 amide bonds. The van der Waals surface area contributed by atoms with E-state index in [-0.39, 0.29) is 5.91 Å². The van der Waals surface area contributed by atoms with Crippen LogP contribution in [0.25, 0.3) is 37.4 Å². The van der Waals surface area contributed by atoms with Crippen molar-refractivity contribution in [1.82, 2.24) is 19.2 Å². The van der Waals surface area contributed by atoms with Gasteiger partial charge in [-0.3, -0.25) is 9.69 Å². The number of carbonyl (C=O) groups is 1. The normalized spacial score (nSPS) is 14.7. The number of imidazole rings is 1. The van der Waals surface area contributed by atoms with Crippen molar-refractivity contribution in [3.8, 4) is 21.7 Å². The number of piperazine rings is 1. The number of amides is 1. The van der Waals surface area contributed by atoms with Crippen molar-refractivity contribution >= 4 is 44.6 Å². The summed E-state index contributed by atoms with van der Waals surface area (Å²) in [5.74, 6) is 0.653. The first kappa shape index (κ1) is 25.1. The van der Waals surface area contributed by atoms with Gasteiger partial charge in [-0.25, -0.2) is 4.98 Å². The van der Waals surface area contributed by atoms with E-state index in [0.29, 0.717) is 17.4 Å². The minimum Gasteiger partial charge on any atom is -0.340 e. The number of hydrogen-bond donors (Lipinski definition) is 0. The predicted octanol–water partition coefficient (Wildman–Crippen LogP) is 7.23. The van der Waals surface area contributed by atoms with Crippen molar-refractivity contribution in [1.29, 1.82) is 0 Å². The molecule has 0 saturated carbocycles. The van der Waals surface area contributed by atoms with E-state index < -0.39 is 0 Å². The summed E-state index contributed by atoms with van der Waals surface area (Å²) in [4.78, 5) is 23.4. The zero-order valence-electron chi connectivity index (χ0n) is 21.7. The molecule has 4 heterocycles. The molecule has 1 fully saturated rings. The lowest BCUT2D eigenvalue weighted by molar-refractivity contribution is -0.133. The van der Waals surface area contributed by atoms with Crippen LogP contribution in [-0.4, -0.2) is 51.3 Å². The van der Waals surface area contributed by atoms with Gasteiger partial charge >= 0.3 is 0 Å². The number of fused-ring (bicyclic) bond motifs is 2. The third-order valence-corrected chi connectivity index (χ3v) is 8.64. The Morgan fingerprint density at radius 3 is 2.45 bits per heavy atom. The first-order valence-corrected chi connectivity index (χ1v) is 14.4. The number of aromatic nitrogens is 2. The maximum absolute atomic E-state index is 12.6. The van der Waals surface area contributed by atoms with Gasteiger partial charge in [-0.2, -0.15) is 0 Å². The van der Waals surface area contributed by atoms with Gasteiger partial charge in [0.1, 0.15) is 5.65 Å². The Morgan fingerprint density at radius 2 is 1.71 bits per heavy atom. The van der Waals surface area contributed by atoms with Crippen LogP contribution in [0.4, 0.5) is 0 Å². The van der Waals surface area contributed by atoms with Crippen molar-refractivity contribution in [3.63, 3.8) is 0 Å². The lowest BCUT2D eigenvalue weighted by Crippen LogP contribution is -2.48. The van der Waals surface area contributed by atoms with Gasteiger partial charge in [-0.1, -0.05) is 55.8 Å². The minimum absolute atomic E-state index is 0.268. The fraction of sp³-hybridized carbons (Fsp3) is 0.290. The number of halogens is 1. The second kappa shape index (κ2) is 10.5. The number of pyridine rings is 1. The van der Waals surface area contributed by atoms with Crippen molar-refractivity contribution < 1.29 is 4.79 Å². The molecule has 0 spiro atoms. The maximum atomic E-state index is 12.6. The van der Waals surface area contributed by atoms with Gasteiger partial charge in [-0.05, 0) is 47.7 Å². The molecular weight excluding hydrogens is 512 g/mol. The molecule has 5 nitrogen and oxygen atoms in total. The molecule has 0 unspecified atom stereocenters. The Balaban J connectivity index is 1.34. The van der Waals surface area contributed by atoms with Crippen LogP contribution in [0.2, 0.25) is 5.02 Å². The highest BCUT2D eigenvalue weighted by molar-refractivity contribution is 7.22. The number of carbonyl (C=O) groups excluding carboxylic acids is 1. The Labute approximate surface area is 232 Å². The lowest BCUT2D eigenvalue weighted by Gasteiger charge is -2.35. The third kappa shape index (κ3) is 5.08. The molecule has 38 heavy (non-hydrogen) atoms. The highest BCUT2D eigenvalue weighted by Crippen LogP contribution is 2.35. The molecule has 7 heteroatoms. The zero-order valence-corrected chi connectivity index (χ0v) is 23.3. The van der Waals surface area contributed by atoms with Crippen molar-refractivity contribution in [2.75, 3.05) is 26.2 Å². The second-order valence-corrected chi connectivity index (χ2v) is 12.0. The van der Waals surface area contributed by atoms with E-state index in [1.165, 1.54) is 20.5 Å². The summed E-state index contributed by atoms with van der Waals surface area (Å²) in [7, 11) is 0. The SMILES string of the molecule is CC(C)CC(=O)N1CCN(Cc2c(-c3ccc(Cl)cc3)nc3ccc(-c4cc5ccccc5s4)cn23)CC1. The molecule has 0 N–H and O–H groups in total. The van der Waals surface area contributed by atoms with Crippen molar-refractivity contribution in [2.24, 2.45) is 5.92 Å². The van der Waals surface area contributed by atoms with Gasteiger partial charge in [0.15, 0.2) is 0 Å². The van der Waals surface area contributed by atoms with Crippen LogP contribution in [0.5, 0.6) is 0 Å². The summed E-state index contributed by atoms with van der Waals surface area (Å²) in [5.41, 5.74) is 5.31. The molecule has 3 aromatic heterocycles. The van der Waals surface area contributed by atoms with E-state index in [9.17, 15) is 4.79 Å². The fourth-order valence-electron chi connectivity index (χ4n) is 5.20. The number of nitrogens with zero attached hydrogens (tertiary/aromatic N) is 4. The molecule has 5 aromatic rings. The van der Waals surface area contributed by atoms with Gasteiger partial charge in [0.05, 0.1) is 11.4 Å². The Hall–Kier alpha value is -3.19. The summed E-state index contributed by atoms with van der Waals surface area (Å²) < 4.78 is 3.54. The average molecular weight is 543 g/mol. The summed E-state index contributed by atoms with van der Waals surface area (Å²) in [6.07, 6.45) is 2.85. The quantitative estimate of drug-likeness (QED) is 0.227. The molecule has 0 aliphatic carbocycles. The highest BCUT2D eigenvalue weighted by atomic mass is 35.5. The van der Waals surface area contributed by atoms with Gasteiger partial charge in [0.2, 0.25) is 5.91 Å². The summed E-state index contributed by atoms with van der Waals surface area (Å²) in [5, 5.41) is 1.98. The molecule has 1 saturated heterocycles. The van der Waals surface area contributed by atoms with Gasteiger partial charge in [0, 0.05) is 71.1 Å². The zero-order chi connectivity index (χ0) is 26.2. The fourth-order valence-corrected chi connectivity index (χ4v) is 6.38. The van der Waals surface area contributed by atoms with E-state index in [1.54, 1.807) is 0 Å². The predicted molar refractivity (Wildman–Crippen MR) is 158 cm³/mol. The Bertz CT molecular complexity index is 1560. The molecule has 0 bridgehead atoms. The number of thiophene rings is 1. The van der Waals surface area contributed by atoms with Crippen LogP contribution in [0.1, 0.15) is 26.0 Å². The largest absolute Gasteiger partial charge is 0.340 e. The highest BCUT2D eigenvalue weighted by Gasteiger charge is 2.24. The lowest BCUT2D eigenvalue weighted by atomic mass is 10.1. The average Bonchev–Trinajstić information content (AvgIpc) is 3.51. The van der Waals surface area contributed by atoms with Gasteiger partial charge in [-0.15, -0.1) is 11.3 Å². The first-order chi connectivity index (χ1) is 18.4. The van der Waals surface area contributed by atoms with Crippen molar-refractivity contribution in [3.05, 3.63) is 83.6 Å². The second-order valence-electron chi connectivity index (χ2n) is 10.5. The van der Waals surface area contributed by atoms with E-state index in [0.717, 1.165) is 55.3 Å². The van der Waals surface area contributed by atoms with E-state index in [4.69, 9.17) is 16.6 Å². The standard InChI is InChI=1S/C31H31ClN4OS/c1-21(2)17-30(37)35-15-13-34(14-16-35)20-26-31(22-7-10-25(32)11-8-22)33-29-12-9-24(19-36(26)29)28-18-23-5-3-4-6-27(23)38-28/h3-12,18-19,21H,13-17,20H2,1-2H3. The monoisotopic (exact) mass is 542 g/mol. The van der Waals surface area contributed by atoms with Crippen LogP contribution in [-0.2, 0) is 11.3 Å². The third-order valence-electron chi connectivity index (χ3n) is 7.23. The number of benzene rings is 2.